The maximum absolute atomic E-state index is 7.43. The van der Waals surface area contributed by atoms with E-state index < -0.39 is 0 Å². The van der Waals surface area contributed by atoms with E-state index in [4.69, 9.17) is 15.9 Å². The summed E-state index contributed by atoms with van der Waals surface area (Å²) in [4.78, 5) is 2.29. The first-order valence-electron chi connectivity index (χ1n) is 5.92. The number of nitrogens with one attached hydrogen (secondary N) is 1. The molecule has 18 heavy (non-hydrogen) atoms. The Kier molecular flexibility index (Phi) is 3.64. The Labute approximate surface area is 116 Å². The van der Waals surface area contributed by atoms with Crippen LogP contribution >= 0.6 is 15.9 Å². The van der Waals surface area contributed by atoms with Crippen molar-refractivity contribution in [3.05, 3.63) is 28.2 Å². The second-order valence-electron chi connectivity index (χ2n) is 5.11. The first-order chi connectivity index (χ1) is 8.39. The van der Waals surface area contributed by atoms with Crippen LogP contribution in [0.2, 0.25) is 0 Å². The lowest BCUT2D eigenvalue weighted by Gasteiger charge is -2.39. The Morgan fingerprint density at radius 1 is 1.50 bits per heavy atom. The Morgan fingerprint density at radius 2 is 2.22 bits per heavy atom. The molecule has 1 heterocycles. The average Bonchev–Trinajstić information content (AvgIpc) is 2.27. The number of hydrogen-bond acceptors (Lipinski definition) is 3. The lowest BCUT2D eigenvalue weighted by molar-refractivity contribution is -0.0277. The normalized spacial score (nSPS) is 18.7. The molecule has 3 N–H and O–H groups in total. The van der Waals surface area contributed by atoms with E-state index in [0.29, 0.717) is 0 Å². The molecule has 0 saturated carbocycles. The van der Waals surface area contributed by atoms with Crippen LogP contribution in [0.1, 0.15) is 19.4 Å². The summed E-state index contributed by atoms with van der Waals surface area (Å²) in [5.41, 5.74) is 7.21. The van der Waals surface area contributed by atoms with Crippen LogP contribution in [0.25, 0.3) is 0 Å². The summed E-state index contributed by atoms with van der Waals surface area (Å²) < 4.78 is 6.67. The highest BCUT2D eigenvalue weighted by atomic mass is 79.9. The van der Waals surface area contributed by atoms with Gasteiger partial charge in [0.15, 0.2) is 0 Å². The van der Waals surface area contributed by atoms with Crippen molar-refractivity contribution in [1.29, 1.82) is 5.41 Å². The van der Waals surface area contributed by atoms with Crippen molar-refractivity contribution in [3.63, 3.8) is 0 Å². The fourth-order valence-electron chi connectivity index (χ4n) is 2.15. The highest BCUT2D eigenvalue weighted by molar-refractivity contribution is 9.10. The topological polar surface area (TPSA) is 62.3 Å². The van der Waals surface area contributed by atoms with Gasteiger partial charge in [0.2, 0.25) is 0 Å². The molecule has 0 amide bonds. The van der Waals surface area contributed by atoms with Gasteiger partial charge in [0.25, 0.3) is 0 Å². The summed E-state index contributed by atoms with van der Waals surface area (Å²) >= 11 is 3.55. The number of nitrogen functional groups attached to an aromatic ring is 1. The van der Waals surface area contributed by atoms with Gasteiger partial charge in [-0.15, -0.1) is 0 Å². The maximum atomic E-state index is 7.43. The molecule has 0 spiro atoms. The third-order valence-corrected chi connectivity index (χ3v) is 3.66. The van der Waals surface area contributed by atoms with Gasteiger partial charge in [-0.2, -0.15) is 0 Å². The first kappa shape index (κ1) is 13.4. The lowest BCUT2D eigenvalue weighted by Crippen LogP contribution is -2.48. The maximum Gasteiger partial charge on any atom is 0.122 e. The molecule has 0 atom stereocenters. The van der Waals surface area contributed by atoms with Gasteiger partial charge in [0.1, 0.15) is 5.84 Å². The van der Waals surface area contributed by atoms with Crippen LogP contribution in [0.15, 0.2) is 22.7 Å². The molecular formula is C13H18BrN3O. The summed E-state index contributed by atoms with van der Waals surface area (Å²) in [6.45, 7) is 6.65. The van der Waals surface area contributed by atoms with Gasteiger partial charge in [-0.3, -0.25) is 5.41 Å². The molecule has 0 unspecified atom stereocenters. The standard InChI is InChI=1S/C13H18BrN3O/c1-13(2)8-17(5-6-18-13)11-4-3-9(12(15)16)7-10(11)14/h3-4,7H,5-6,8H2,1-2H3,(H3,15,16). The molecule has 1 fully saturated rings. The van der Waals surface area contributed by atoms with E-state index in [-0.39, 0.29) is 11.4 Å². The SMILES string of the molecule is CC1(C)CN(c2ccc(C(=N)N)cc2Br)CCO1. The third-order valence-electron chi connectivity index (χ3n) is 3.03. The minimum atomic E-state index is -0.128. The summed E-state index contributed by atoms with van der Waals surface area (Å²) in [6, 6.07) is 5.77. The zero-order valence-corrected chi connectivity index (χ0v) is 12.3. The number of halogens is 1. The van der Waals surface area contributed by atoms with Gasteiger partial charge in [-0.1, -0.05) is 0 Å². The summed E-state index contributed by atoms with van der Waals surface area (Å²) in [5.74, 6) is 0.0876. The van der Waals surface area contributed by atoms with Crippen molar-refractivity contribution in [3.8, 4) is 0 Å². The number of ether oxygens (including phenoxy) is 1. The van der Waals surface area contributed by atoms with Crippen LogP contribution < -0.4 is 10.6 Å². The molecule has 1 aromatic rings. The number of anilines is 1. The summed E-state index contributed by atoms with van der Waals surface area (Å²) in [5, 5.41) is 7.43. The van der Waals surface area contributed by atoms with E-state index in [0.717, 1.165) is 35.4 Å². The van der Waals surface area contributed by atoms with Crippen LogP contribution in [0.5, 0.6) is 0 Å². The summed E-state index contributed by atoms with van der Waals surface area (Å²) in [7, 11) is 0. The Balaban J connectivity index is 2.26. The van der Waals surface area contributed by atoms with Crippen LogP contribution in [-0.4, -0.2) is 31.1 Å². The molecule has 0 aromatic heterocycles. The van der Waals surface area contributed by atoms with Crippen molar-refractivity contribution in [1.82, 2.24) is 0 Å². The Hall–Kier alpha value is -1.07. The second kappa shape index (κ2) is 4.90. The monoisotopic (exact) mass is 311 g/mol. The van der Waals surface area contributed by atoms with Crippen molar-refractivity contribution in [2.24, 2.45) is 5.73 Å². The highest BCUT2D eigenvalue weighted by Crippen LogP contribution is 2.30. The van der Waals surface area contributed by atoms with Gasteiger partial charge < -0.3 is 15.4 Å². The number of nitrogens with two attached hydrogens (primary N) is 1. The largest absolute Gasteiger partial charge is 0.384 e. The number of benzene rings is 1. The fraction of sp³-hybridized carbons (Fsp3) is 0.462. The molecule has 0 radical (unpaired) electrons. The van der Waals surface area contributed by atoms with Crippen molar-refractivity contribution in [2.75, 3.05) is 24.6 Å². The minimum absolute atomic E-state index is 0.0876. The van der Waals surface area contributed by atoms with Crippen LogP contribution in [0.3, 0.4) is 0 Å². The van der Waals surface area contributed by atoms with Crippen LogP contribution in [0.4, 0.5) is 5.69 Å². The number of amidine groups is 1. The molecule has 1 aromatic carbocycles. The van der Waals surface area contributed by atoms with Crippen molar-refractivity contribution < 1.29 is 4.74 Å². The summed E-state index contributed by atoms with van der Waals surface area (Å²) in [6.07, 6.45) is 0. The predicted octanol–water partition coefficient (Wildman–Crippen LogP) is 2.35. The molecule has 1 aliphatic heterocycles. The molecule has 5 heteroatoms. The van der Waals surface area contributed by atoms with E-state index in [1.807, 2.05) is 18.2 Å². The number of rotatable bonds is 2. The van der Waals surface area contributed by atoms with Gasteiger partial charge in [-0.05, 0) is 48.0 Å². The molecule has 2 rings (SSSR count). The molecule has 0 bridgehead atoms. The molecule has 98 valence electrons. The zero-order valence-electron chi connectivity index (χ0n) is 10.7. The fourth-order valence-corrected chi connectivity index (χ4v) is 2.78. The van der Waals surface area contributed by atoms with E-state index in [1.54, 1.807) is 0 Å². The van der Waals surface area contributed by atoms with E-state index >= 15 is 0 Å². The van der Waals surface area contributed by atoms with Crippen LogP contribution in [-0.2, 0) is 4.74 Å². The average molecular weight is 312 g/mol. The third kappa shape index (κ3) is 2.84. The van der Waals surface area contributed by atoms with Gasteiger partial charge >= 0.3 is 0 Å². The first-order valence-corrected chi connectivity index (χ1v) is 6.71. The molecule has 4 nitrogen and oxygen atoms in total. The molecular weight excluding hydrogens is 294 g/mol. The van der Waals surface area contributed by atoms with Crippen molar-refractivity contribution >= 4 is 27.5 Å². The lowest BCUT2D eigenvalue weighted by atomic mass is 10.1. The molecule has 1 aliphatic rings. The van der Waals surface area contributed by atoms with E-state index in [9.17, 15) is 0 Å². The van der Waals surface area contributed by atoms with E-state index in [1.165, 1.54) is 0 Å². The number of hydrogen-bond donors (Lipinski definition) is 2. The zero-order chi connectivity index (χ0) is 13.3. The number of nitrogens with zero attached hydrogens (tertiary/aromatic N) is 1. The van der Waals surface area contributed by atoms with Gasteiger partial charge in [0.05, 0.1) is 17.9 Å². The molecule has 0 aliphatic carbocycles. The van der Waals surface area contributed by atoms with Crippen LogP contribution in [0, 0.1) is 5.41 Å². The smallest absolute Gasteiger partial charge is 0.122 e. The Morgan fingerprint density at radius 3 is 2.78 bits per heavy atom. The van der Waals surface area contributed by atoms with Gasteiger partial charge in [-0.25, -0.2) is 0 Å². The predicted molar refractivity (Wildman–Crippen MR) is 77.4 cm³/mol. The van der Waals surface area contributed by atoms with Crippen molar-refractivity contribution in [2.45, 2.75) is 19.4 Å². The number of morpholine rings is 1. The highest BCUT2D eigenvalue weighted by Gasteiger charge is 2.28. The van der Waals surface area contributed by atoms with E-state index in [2.05, 4.69) is 34.7 Å². The van der Waals surface area contributed by atoms with Gasteiger partial charge in [0, 0.05) is 23.1 Å². The minimum Gasteiger partial charge on any atom is -0.384 e. The quantitative estimate of drug-likeness (QED) is 0.651. The molecule has 1 saturated heterocycles. The second-order valence-corrected chi connectivity index (χ2v) is 5.96. The Bertz CT molecular complexity index is 473.